The monoisotopic (exact) mass is 1210 g/mol. The van der Waals surface area contributed by atoms with Gasteiger partial charge in [0.25, 0.3) is 0 Å². The zero-order valence-electron chi connectivity index (χ0n) is 42.9. The van der Waals surface area contributed by atoms with Crippen LogP contribution >= 0.6 is 0 Å². The third kappa shape index (κ3) is 7.75. The molecule has 6 bridgehead atoms. The van der Waals surface area contributed by atoms with Crippen LogP contribution in [0.3, 0.4) is 0 Å². The Balaban J connectivity index is 1.24. The minimum absolute atomic E-state index is 0.140. The fourth-order valence-corrected chi connectivity index (χ4v) is 11.6. The van der Waals surface area contributed by atoms with E-state index in [0.717, 1.165) is 18.2 Å². The Morgan fingerprint density at radius 3 is 1.37 bits per heavy atom. The summed E-state index contributed by atoms with van der Waals surface area (Å²) in [4.78, 5) is 76.2. The third-order valence-corrected chi connectivity index (χ3v) is 15.5. The summed E-state index contributed by atoms with van der Waals surface area (Å²) in [5, 5.41) is 228. The van der Waals surface area contributed by atoms with Crippen LogP contribution in [0.4, 0.5) is 0 Å². The number of benzene rings is 7. The molecule has 20 N–H and O–H groups in total. The number of aromatic hydroxyl groups is 19. The predicted octanol–water partition coefficient (Wildman–Crippen LogP) is 3.28. The van der Waals surface area contributed by atoms with E-state index in [0.29, 0.717) is 18.2 Å². The summed E-state index contributed by atoms with van der Waals surface area (Å²) in [5.41, 5.74) is -17.4. The van der Waals surface area contributed by atoms with Gasteiger partial charge in [0.1, 0.15) is 30.0 Å². The number of phenols is 19. The van der Waals surface area contributed by atoms with Crippen LogP contribution in [-0.4, -0.2) is 169 Å². The van der Waals surface area contributed by atoms with Crippen LogP contribution in [0.5, 0.6) is 115 Å². The molecule has 6 aliphatic heterocycles. The first-order chi connectivity index (χ1) is 41.0. The van der Waals surface area contributed by atoms with Crippen molar-refractivity contribution < 1.29 is 155 Å². The van der Waals surface area contributed by atoms with Gasteiger partial charge < -0.3 is 131 Å². The number of esters is 5. The Bertz CT molecular complexity index is 4350. The van der Waals surface area contributed by atoms with Crippen molar-refractivity contribution in [1.29, 1.82) is 0 Å². The van der Waals surface area contributed by atoms with E-state index in [1.54, 1.807) is 0 Å². The first-order valence-corrected chi connectivity index (χ1v) is 25.0. The highest BCUT2D eigenvalue weighted by atomic mass is 16.6. The zero-order valence-corrected chi connectivity index (χ0v) is 42.9. The lowest BCUT2D eigenvalue weighted by atomic mass is 9.73. The van der Waals surface area contributed by atoms with E-state index in [1.807, 2.05) is 0 Å². The van der Waals surface area contributed by atoms with Gasteiger partial charge in [-0.2, -0.15) is 0 Å². The Hall–Kier alpha value is -12.2. The molecule has 0 fully saturated rings. The van der Waals surface area contributed by atoms with Gasteiger partial charge >= 0.3 is 29.8 Å². The Kier molecular flexibility index (Phi) is 12.1. The molecule has 6 unspecified atom stereocenters. The summed E-state index contributed by atoms with van der Waals surface area (Å²) in [5.74, 6) is -40.6. The van der Waals surface area contributed by atoms with Crippen molar-refractivity contribution in [1.82, 2.24) is 0 Å². The molecule has 6 heterocycles. The lowest BCUT2D eigenvalue weighted by Crippen LogP contribution is -2.56. The summed E-state index contributed by atoms with van der Waals surface area (Å²) in [6, 6.07) is 4.59. The highest BCUT2D eigenvalue weighted by Crippen LogP contribution is 2.64. The van der Waals surface area contributed by atoms with Gasteiger partial charge in [-0.3, -0.25) is 0 Å². The number of carbonyl (C=O) groups is 5. The van der Waals surface area contributed by atoms with Crippen molar-refractivity contribution in [2.45, 2.75) is 49.0 Å². The average molecular weight is 1210 g/mol. The molecule has 31 heteroatoms. The van der Waals surface area contributed by atoms with Crippen LogP contribution in [0.1, 0.15) is 86.1 Å². The van der Waals surface area contributed by atoms with Gasteiger partial charge in [0, 0.05) is 62.6 Å². The second kappa shape index (κ2) is 18.9. The number of hydrogen-bond acceptors (Lipinski definition) is 31. The van der Waals surface area contributed by atoms with Crippen molar-refractivity contribution in [2.24, 2.45) is 0 Å². The predicted molar refractivity (Wildman–Crippen MR) is 276 cm³/mol. The summed E-state index contributed by atoms with van der Waals surface area (Å²) >= 11 is 0. The molecule has 0 aliphatic carbocycles. The lowest BCUT2D eigenvalue weighted by Gasteiger charge is -2.43. The first kappa shape index (κ1) is 55.4. The number of aliphatic hydroxyl groups is 1. The maximum absolute atomic E-state index is 15.9. The third-order valence-electron chi connectivity index (χ3n) is 15.5. The minimum atomic E-state index is -3.01. The second-order valence-corrected chi connectivity index (χ2v) is 20.3. The van der Waals surface area contributed by atoms with Gasteiger partial charge in [0.2, 0.25) is 28.7 Å². The van der Waals surface area contributed by atoms with Gasteiger partial charge in [-0.15, -0.1) is 0 Å². The molecule has 6 aliphatic rings. The fourth-order valence-electron chi connectivity index (χ4n) is 11.6. The molecule has 7 aromatic carbocycles. The molecule has 31 nitrogen and oxygen atoms in total. The van der Waals surface area contributed by atoms with Crippen LogP contribution < -0.4 is 4.74 Å². The fraction of sp³-hybridized carbons (Fsp3) is 0.161. The number of phenolic OH excluding ortho intramolecular Hbond substituents is 19. The van der Waals surface area contributed by atoms with Crippen LogP contribution in [0.15, 0.2) is 42.5 Å². The number of cyclic esters (lactones) is 1. The molecule has 13 rings (SSSR count). The molecular formula is C56H38O31. The summed E-state index contributed by atoms with van der Waals surface area (Å²) in [6.07, 6.45) is -15.7. The normalized spacial score (nSPS) is 20.9. The summed E-state index contributed by atoms with van der Waals surface area (Å²) < 4.78 is 35.9. The number of fused-ring (bicyclic) bond motifs is 8. The number of ether oxygens (including phenoxy) is 6. The number of rotatable bonds is 2. The quantitative estimate of drug-likeness (QED) is 0.0671. The van der Waals surface area contributed by atoms with Crippen LogP contribution in [0.25, 0.3) is 33.4 Å². The Labute approximate surface area is 479 Å². The molecular weight excluding hydrogens is 1170 g/mol. The molecule has 0 radical (unpaired) electrons. The molecule has 7 aromatic rings. The number of hydrogen-bond donors (Lipinski definition) is 20. The molecule has 0 saturated heterocycles. The topological polar surface area (TPSA) is 545 Å². The maximum Gasteiger partial charge on any atom is 0.340 e. The van der Waals surface area contributed by atoms with E-state index in [2.05, 4.69) is 0 Å². The van der Waals surface area contributed by atoms with Crippen molar-refractivity contribution in [3.05, 3.63) is 92.5 Å². The highest BCUT2D eigenvalue weighted by Gasteiger charge is 2.58. The van der Waals surface area contributed by atoms with Gasteiger partial charge in [-0.1, -0.05) is 6.07 Å². The van der Waals surface area contributed by atoms with E-state index < -0.39 is 278 Å². The Morgan fingerprint density at radius 2 is 0.805 bits per heavy atom. The van der Waals surface area contributed by atoms with E-state index in [9.17, 15) is 107 Å². The molecule has 0 amide bonds. The van der Waals surface area contributed by atoms with E-state index in [-0.39, 0.29) is 11.6 Å². The largest absolute Gasteiger partial charge is 0.507 e. The molecule has 448 valence electrons. The van der Waals surface area contributed by atoms with Gasteiger partial charge in [0.15, 0.2) is 93.4 Å². The highest BCUT2D eigenvalue weighted by molar-refractivity contribution is 6.17. The molecule has 0 spiro atoms. The average Bonchev–Trinajstić information content (AvgIpc) is 1.29. The van der Waals surface area contributed by atoms with E-state index in [1.165, 1.54) is 0 Å². The van der Waals surface area contributed by atoms with Crippen molar-refractivity contribution in [3.63, 3.8) is 0 Å². The number of aliphatic hydroxyl groups excluding tert-OH is 1. The second-order valence-electron chi connectivity index (χ2n) is 20.3. The van der Waals surface area contributed by atoms with Crippen LogP contribution in [-0.2, 0) is 30.1 Å². The maximum atomic E-state index is 15.9. The molecule has 87 heavy (non-hydrogen) atoms. The lowest BCUT2D eigenvalue weighted by molar-refractivity contribution is -0.135. The summed E-state index contributed by atoms with van der Waals surface area (Å²) in [6.45, 7) is -1.64. The van der Waals surface area contributed by atoms with Gasteiger partial charge in [0.05, 0.1) is 39.8 Å². The molecule has 0 aromatic heterocycles. The molecule has 0 saturated carbocycles. The summed E-state index contributed by atoms with van der Waals surface area (Å²) in [7, 11) is 0. The number of carbonyl (C=O) groups excluding carboxylic acids is 5. The van der Waals surface area contributed by atoms with Crippen LogP contribution in [0.2, 0.25) is 0 Å². The van der Waals surface area contributed by atoms with E-state index in [4.69, 9.17) is 28.4 Å². The van der Waals surface area contributed by atoms with Crippen molar-refractivity contribution in [2.75, 3.05) is 6.61 Å². The smallest absolute Gasteiger partial charge is 0.340 e. The van der Waals surface area contributed by atoms with Crippen molar-refractivity contribution in [3.8, 4) is 148 Å². The van der Waals surface area contributed by atoms with E-state index >= 15 is 19.2 Å². The SMILES string of the molecule is O=C1OCC2OC(=O)c3cc(O)c(O)c(O)c3-c3c(O)c(O)c(O)c4c3C(=O)OC(C2OC(=O)c2cc(O)c(O)c(O)c2-c2c1cc(O)c(O)c2O)C1OC(=O)c2c-4c(O)c(O)c(O)c2C1c1c(O)cc(O)c2c1O[C@H](c1ccc(O)c(O)c1)C(O)C2. The van der Waals surface area contributed by atoms with Gasteiger partial charge in [-0.25, -0.2) is 24.0 Å². The zero-order chi connectivity index (χ0) is 62.7. The minimum Gasteiger partial charge on any atom is -0.507 e. The van der Waals surface area contributed by atoms with Crippen molar-refractivity contribution >= 4 is 29.8 Å². The van der Waals surface area contributed by atoms with Crippen LogP contribution in [0, 0.1) is 0 Å². The molecule has 7 atom stereocenters. The van der Waals surface area contributed by atoms with Gasteiger partial charge in [-0.05, 0) is 35.9 Å². The Morgan fingerprint density at radius 1 is 0.345 bits per heavy atom. The standard InChI is InChI=1S/C56H38O31/c57-15-2-1-10(3-17(15)59)47-22(64)4-11-16(58)8-18(60)27(48(11)84-47)32-31-34-30(43(73)46(76)44(31)74)29-33-28(41(71)45(75)42(29)72)26-14(7-21(63)37(67)40(26)70)53(78)83-23-9-82-52(77)12-5-19(61)35(65)38(68)24(12)25-13(6-20(62)36(66)39(25)69)54(79)85-49(23)51(87-56(33)81)50(32)86-55(34)80/h1-3,5-8,22-23,32,47,49-51,57-76H,4,9H2/t22?,23?,32?,47-,49?,50?,51?/m1/s1. The first-order valence-electron chi connectivity index (χ1n) is 25.0.